The van der Waals surface area contributed by atoms with Crippen molar-refractivity contribution < 1.29 is 5.11 Å². The zero-order chi connectivity index (χ0) is 12.3. The predicted octanol–water partition coefficient (Wildman–Crippen LogP) is 1.45. The topological polar surface area (TPSA) is 49.5 Å². The SMILES string of the molecule is CC(C)C(N)C(CO)N1CCCC(C)(C)C1. The molecule has 2 atom stereocenters. The van der Waals surface area contributed by atoms with Gasteiger partial charge in [-0.15, -0.1) is 0 Å². The van der Waals surface area contributed by atoms with Gasteiger partial charge in [0.15, 0.2) is 0 Å². The van der Waals surface area contributed by atoms with Crippen molar-refractivity contribution in [2.75, 3.05) is 19.7 Å². The summed E-state index contributed by atoms with van der Waals surface area (Å²) in [5, 5.41) is 9.55. The van der Waals surface area contributed by atoms with Crippen molar-refractivity contribution in [3.63, 3.8) is 0 Å². The third-order valence-corrected chi connectivity index (χ3v) is 3.80. The molecule has 96 valence electrons. The molecule has 0 radical (unpaired) electrons. The second-order valence-corrected chi connectivity index (χ2v) is 6.31. The number of rotatable bonds is 4. The Morgan fingerprint density at radius 1 is 1.38 bits per heavy atom. The fourth-order valence-electron chi connectivity index (χ4n) is 2.68. The van der Waals surface area contributed by atoms with E-state index in [1.165, 1.54) is 12.8 Å². The Labute approximate surface area is 100 Å². The van der Waals surface area contributed by atoms with Crippen molar-refractivity contribution >= 4 is 0 Å². The lowest BCUT2D eigenvalue weighted by Gasteiger charge is -2.44. The average molecular weight is 228 g/mol. The number of hydrogen-bond donors (Lipinski definition) is 2. The normalized spacial score (nSPS) is 25.7. The van der Waals surface area contributed by atoms with Crippen LogP contribution in [0.15, 0.2) is 0 Å². The van der Waals surface area contributed by atoms with Crippen LogP contribution < -0.4 is 5.73 Å². The molecule has 2 unspecified atom stereocenters. The van der Waals surface area contributed by atoms with Gasteiger partial charge in [-0.2, -0.15) is 0 Å². The summed E-state index contributed by atoms with van der Waals surface area (Å²) < 4.78 is 0. The van der Waals surface area contributed by atoms with E-state index in [1.807, 2.05) is 0 Å². The first-order valence-corrected chi connectivity index (χ1v) is 6.48. The Kier molecular flexibility index (Phi) is 4.77. The maximum Gasteiger partial charge on any atom is 0.0602 e. The van der Waals surface area contributed by atoms with Gasteiger partial charge in [-0.25, -0.2) is 0 Å². The molecule has 0 aromatic heterocycles. The van der Waals surface area contributed by atoms with Crippen LogP contribution in [-0.4, -0.2) is 41.8 Å². The molecule has 0 bridgehead atoms. The van der Waals surface area contributed by atoms with Crippen LogP contribution >= 0.6 is 0 Å². The van der Waals surface area contributed by atoms with Crippen LogP contribution in [0.3, 0.4) is 0 Å². The van der Waals surface area contributed by atoms with Gasteiger partial charge in [0.1, 0.15) is 0 Å². The molecule has 1 aliphatic rings. The van der Waals surface area contributed by atoms with Crippen LogP contribution in [0.25, 0.3) is 0 Å². The highest BCUT2D eigenvalue weighted by molar-refractivity contribution is 4.89. The Morgan fingerprint density at radius 2 is 2.00 bits per heavy atom. The highest BCUT2D eigenvalue weighted by Crippen LogP contribution is 2.30. The van der Waals surface area contributed by atoms with E-state index >= 15 is 0 Å². The van der Waals surface area contributed by atoms with Crippen molar-refractivity contribution in [3.8, 4) is 0 Å². The lowest BCUT2D eigenvalue weighted by Crippen LogP contribution is -2.56. The smallest absolute Gasteiger partial charge is 0.0602 e. The number of aliphatic hydroxyl groups is 1. The van der Waals surface area contributed by atoms with Gasteiger partial charge in [0.05, 0.1) is 6.61 Å². The molecule has 3 heteroatoms. The van der Waals surface area contributed by atoms with Crippen LogP contribution in [0.2, 0.25) is 0 Å². The van der Waals surface area contributed by atoms with Crippen LogP contribution in [0.4, 0.5) is 0 Å². The van der Waals surface area contributed by atoms with Crippen LogP contribution in [0.1, 0.15) is 40.5 Å². The maximum absolute atomic E-state index is 9.55. The van der Waals surface area contributed by atoms with Gasteiger partial charge < -0.3 is 10.8 Å². The van der Waals surface area contributed by atoms with E-state index in [-0.39, 0.29) is 18.7 Å². The van der Waals surface area contributed by atoms with Crippen LogP contribution in [0.5, 0.6) is 0 Å². The first-order chi connectivity index (χ1) is 7.37. The summed E-state index contributed by atoms with van der Waals surface area (Å²) in [4.78, 5) is 2.38. The largest absolute Gasteiger partial charge is 0.395 e. The Balaban J connectivity index is 2.65. The molecule has 1 fully saturated rings. The molecule has 0 aromatic rings. The molecule has 1 aliphatic heterocycles. The third-order valence-electron chi connectivity index (χ3n) is 3.80. The van der Waals surface area contributed by atoms with Gasteiger partial charge >= 0.3 is 0 Å². The van der Waals surface area contributed by atoms with Gasteiger partial charge in [0.25, 0.3) is 0 Å². The second kappa shape index (κ2) is 5.48. The highest BCUT2D eigenvalue weighted by Gasteiger charge is 2.33. The number of piperidine rings is 1. The number of nitrogens with two attached hydrogens (primary N) is 1. The Bertz CT molecular complexity index is 216. The molecule has 0 amide bonds. The first-order valence-electron chi connectivity index (χ1n) is 6.48. The molecule has 16 heavy (non-hydrogen) atoms. The zero-order valence-corrected chi connectivity index (χ0v) is 11.2. The third kappa shape index (κ3) is 3.44. The molecule has 1 rings (SSSR count). The quantitative estimate of drug-likeness (QED) is 0.766. The van der Waals surface area contributed by atoms with E-state index in [1.54, 1.807) is 0 Å². The average Bonchev–Trinajstić information content (AvgIpc) is 2.17. The van der Waals surface area contributed by atoms with Crippen molar-refractivity contribution in [1.29, 1.82) is 0 Å². The molecule has 1 heterocycles. The van der Waals surface area contributed by atoms with Gasteiger partial charge in [-0.05, 0) is 30.7 Å². The van der Waals surface area contributed by atoms with Gasteiger partial charge in [0, 0.05) is 18.6 Å². The van der Waals surface area contributed by atoms with Crippen LogP contribution in [0, 0.1) is 11.3 Å². The van der Waals surface area contributed by atoms with Gasteiger partial charge in [-0.1, -0.05) is 27.7 Å². The zero-order valence-electron chi connectivity index (χ0n) is 11.2. The molecular formula is C13H28N2O. The summed E-state index contributed by atoms with van der Waals surface area (Å²) in [6, 6.07) is 0.193. The minimum absolute atomic E-state index is 0.0684. The van der Waals surface area contributed by atoms with Crippen molar-refractivity contribution in [2.24, 2.45) is 17.1 Å². The lowest BCUT2D eigenvalue weighted by atomic mass is 9.82. The number of likely N-dealkylation sites (tertiary alicyclic amines) is 1. The maximum atomic E-state index is 9.55. The Morgan fingerprint density at radius 3 is 2.44 bits per heavy atom. The molecule has 0 aliphatic carbocycles. The van der Waals surface area contributed by atoms with E-state index in [0.29, 0.717) is 11.3 Å². The monoisotopic (exact) mass is 228 g/mol. The first kappa shape index (κ1) is 13.9. The van der Waals surface area contributed by atoms with E-state index in [0.717, 1.165) is 13.1 Å². The molecule has 3 N–H and O–H groups in total. The minimum atomic E-state index is 0.0684. The van der Waals surface area contributed by atoms with E-state index in [2.05, 4.69) is 32.6 Å². The van der Waals surface area contributed by atoms with Crippen molar-refractivity contribution in [2.45, 2.75) is 52.6 Å². The number of hydrogen-bond acceptors (Lipinski definition) is 3. The molecule has 0 spiro atoms. The van der Waals surface area contributed by atoms with E-state index < -0.39 is 0 Å². The molecule has 0 saturated carbocycles. The number of nitrogens with zero attached hydrogens (tertiary/aromatic N) is 1. The fourth-order valence-corrected chi connectivity index (χ4v) is 2.68. The Hall–Kier alpha value is -0.120. The molecule has 3 nitrogen and oxygen atoms in total. The number of aliphatic hydroxyl groups excluding tert-OH is 1. The van der Waals surface area contributed by atoms with Crippen LogP contribution in [-0.2, 0) is 0 Å². The summed E-state index contributed by atoms with van der Waals surface area (Å²) in [5.41, 5.74) is 6.55. The van der Waals surface area contributed by atoms with Gasteiger partial charge in [0.2, 0.25) is 0 Å². The summed E-state index contributed by atoms with van der Waals surface area (Å²) in [5.74, 6) is 0.419. The van der Waals surface area contributed by atoms with Gasteiger partial charge in [-0.3, -0.25) is 4.90 Å². The summed E-state index contributed by atoms with van der Waals surface area (Å²) >= 11 is 0. The molecule has 1 saturated heterocycles. The van der Waals surface area contributed by atoms with Crippen molar-refractivity contribution in [1.82, 2.24) is 4.90 Å². The summed E-state index contributed by atoms with van der Waals surface area (Å²) in [6.45, 7) is 11.2. The minimum Gasteiger partial charge on any atom is -0.395 e. The van der Waals surface area contributed by atoms with Crippen molar-refractivity contribution in [3.05, 3.63) is 0 Å². The highest BCUT2D eigenvalue weighted by atomic mass is 16.3. The second-order valence-electron chi connectivity index (χ2n) is 6.31. The molecular weight excluding hydrogens is 200 g/mol. The van der Waals surface area contributed by atoms with E-state index in [9.17, 15) is 5.11 Å². The predicted molar refractivity (Wildman–Crippen MR) is 68.3 cm³/mol. The summed E-state index contributed by atoms with van der Waals surface area (Å²) in [6.07, 6.45) is 2.49. The lowest BCUT2D eigenvalue weighted by molar-refractivity contribution is 0.0308. The fraction of sp³-hybridized carbons (Fsp3) is 1.00. The standard InChI is InChI=1S/C13H28N2O/c1-10(2)12(14)11(8-16)15-7-5-6-13(3,4)9-15/h10-12,16H,5-9,14H2,1-4H3. The summed E-state index contributed by atoms with van der Waals surface area (Å²) in [7, 11) is 0. The molecule has 0 aromatic carbocycles. The van der Waals surface area contributed by atoms with E-state index in [4.69, 9.17) is 5.73 Å².